The monoisotopic (exact) mass is 245 g/mol. The molecule has 0 atom stereocenters. The second-order valence-corrected chi connectivity index (χ2v) is 3.88. The SMILES string of the molecule is Cc1noc(C)c1C(=O)c1ccccc1C(=O)O. The molecule has 0 aliphatic rings. The van der Waals surface area contributed by atoms with Crippen LogP contribution in [0.2, 0.25) is 0 Å². The fourth-order valence-electron chi connectivity index (χ4n) is 1.81. The van der Waals surface area contributed by atoms with E-state index in [0.29, 0.717) is 17.0 Å². The third-order valence-electron chi connectivity index (χ3n) is 2.66. The summed E-state index contributed by atoms with van der Waals surface area (Å²) >= 11 is 0. The van der Waals surface area contributed by atoms with Crippen molar-refractivity contribution in [2.75, 3.05) is 0 Å². The van der Waals surface area contributed by atoms with E-state index < -0.39 is 5.97 Å². The number of rotatable bonds is 3. The molecule has 2 aromatic rings. The summed E-state index contributed by atoms with van der Waals surface area (Å²) < 4.78 is 4.92. The van der Waals surface area contributed by atoms with E-state index in [9.17, 15) is 9.59 Å². The van der Waals surface area contributed by atoms with Crippen molar-refractivity contribution in [2.45, 2.75) is 13.8 Å². The number of carbonyl (C=O) groups is 2. The molecule has 1 aromatic carbocycles. The lowest BCUT2D eigenvalue weighted by Crippen LogP contribution is -2.10. The van der Waals surface area contributed by atoms with Gasteiger partial charge in [-0.25, -0.2) is 4.79 Å². The molecule has 0 saturated carbocycles. The highest BCUT2D eigenvalue weighted by molar-refractivity contribution is 6.15. The minimum Gasteiger partial charge on any atom is -0.478 e. The summed E-state index contributed by atoms with van der Waals surface area (Å²) in [6, 6.07) is 6.08. The number of hydrogen-bond donors (Lipinski definition) is 1. The van der Waals surface area contributed by atoms with Gasteiger partial charge in [-0.1, -0.05) is 23.4 Å². The maximum atomic E-state index is 12.3. The van der Waals surface area contributed by atoms with Crippen LogP contribution >= 0.6 is 0 Å². The van der Waals surface area contributed by atoms with Gasteiger partial charge < -0.3 is 9.63 Å². The van der Waals surface area contributed by atoms with Gasteiger partial charge in [-0.15, -0.1) is 0 Å². The van der Waals surface area contributed by atoms with Crippen LogP contribution in [0.5, 0.6) is 0 Å². The lowest BCUT2D eigenvalue weighted by molar-refractivity contribution is 0.0692. The molecular formula is C13H11NO4. The average molecular weight is 245 g/mol. The van der Waals surface area contributed by atoms with E-state index in [1.165, 1.54) is 12.1 Å². The van der Waals surface area contributed by atoms with Crippen molar-refractivity contribution in [1.29, 1.82) is 0 Å². The average Bonchev–Trinajstić information content (AvgIpc) is 2.68. The van der Waals surface area contributed by atoms with Crippen molar-refractivity contribution in [1.82, 2.24) is 5.16 Å². The zero-order chi connectivity index (χ0) is 13.3. The van der Waals surface area contributed by atoms with Crippen LogP contribution in [0.25, 0.3) is 0 Å². The highest BCUT2D eigenvalue weighted by Gasteiger charge is 2.23. The summed E-state index contributed by atoms with van der Waals surface area (Å²) in [4.78, 5) is 23.4. The van der Waals surface area contributed by atoms with Crippen LogP contribution in [0.15, 0.2) is 28.8 Å². The van der Waals surface area contributed by atoms with Crippen molar-refractivity contribution in [3.05, 3.63) is 52.4 Å². The number of aryl methyl sites for hydroxylation is 2. The summed E-state index contributed by atoms with van der Waals surface area (Å²) in [5.74, 6) is -1.13. The molecule has 0 amide bonds. The fourth-order valence-corrected chi connectivity index (χ4v) is 1.81. The largest absolute Gasteiger partial charge is 0.478 e. The van der Waals surface area contributed by atoms with Crippen LogP contribution in [-0.2, 0) is 0 Å². The molecule has 0 unspecified atom stereocenters. The molecule has 5 heteroatoms. The Kier molecular flexibility index (Phi) is 2.97. The third kappa shape index (κ3) is 1.90. The Morgan fingerprint density at radius 3 is 2.28 bits per heavy atom. The molecule has 0 aliphatic heterocycles. The molecule has 92 valence electrons. The zero-order valence-corrected chi connectivity index (χ0v) is 9.93. The van der Waals surface area contributed by atoms with Crippen LogP contribution in [-0.4, -0.2) is 22.0 Å². The van der Waals surface area contributed by atoms with Crippen molar-refractivity contribution >= 4 is 11.8 Å². The van der Waals surface area contributed by atoms with E-state index in [4.69, 9.17) is 9.63 Å². The summed E-state index contributed by atoms with van der Waals surface area (Å²) in [5.41, 5.74) is 0.892. The number of carboxylic acids is 1. The van der Waals surface area contributed by atoms with E-state index in [0.717, 1.165) is 0 Å². The Bertz CT molecular complexity index is 608. The molecular weight excluding hydrogens is 234 g/mol. The Hall–Kier alpha value is -2.43. The van der Waals surface area contributed by atoms with Crippen LogP contribution in [0.3, 0.4) is 0 Å². The number of carboxylic acid groups (broad SMARTS) is 1. The van der Waals surface area contributed by atoms with Gasteiger partial charge >= 0.3 is 5.97 Å². The second kappa shape index (κ2) is 4.44. The number of carbonyl (C=O) groups excluding carboxylic acids is 1. The van der Waals surface area contributed by atoms with E-state index in [1.54, 1.807) is 26.0 Å². The number of ketones is 1. The normalized spacial score (nSPS) is 10.3. The Morgan fingerprint density at radius 2 is 1.78 bits per heavy atom. The van der Waals surface area contributed by atoms with Gasteiger partial charge in [0.15, 0.2) is 5.78 Å². The van der Waals surface area contributed by atoms with Crippen molar-refractivity contribution in [3.8, 4) is 0 Å². The van der Waals surface area contributed by atoms with Crippen LogP contribution in [0.1, 0.15) is 37.7 Å². The predicted octanol–water partition coefficient (Wildman–Crippen LogP) is 2.22. The maximum absolute atomic E-state index is 12.3. The zero-order valence-electron chi connectivity index (χ0n) is 9.93. The Balaban J connectivity index is 2.57. The number of aromatic nitrogens is 1. The van der Waals surface area contributed by atoms with Crippen molar-refractivity contribution < 1.29 is 19.2 Å². The van der Waals surface area contributed by atoms with Crippen LogP contribution in [0, 0.1) is 13.8 Å². The van der Waals surface area contributed by atoms with E-state index in [-0.39, 0.29) is 16.9 Å². The van der Waals surface area contributed by atoms with E-state index in [2.05, 4.69) is 5.16 Å². The molecule has 1 N–H and O–H groups in total. The quantitative estimate of drug-likeness (QED) is 0.838. The first-order chi connectivity index (χ1) is 8.52. The fraction of sp³-hybridized carbons (Fsp3) is 0.154. The summed E-state index contributed by atoms with van der Waals surface area (Å²) in [6.45, 7) is 3.27. The Labute approximate surface area is 103 Å². The van der Waals surface area contributed by atoms with Gasteiger partial charge in [0.1, 0.15) is 5.76 Å². The molecule has 0 fully saturated rings. The molecule has 0 radical (unpaired) electrons. The topological polar surface area (TPSA) is 80.4 Å². The van der Waals surface area contributed by atoms with E-state index in [1.807, 2.05) is 0 Å². The van der Waals surface area contributed by atoms with Gasteiger partial charge in [-0.3, -0.25) is 4.79 Å². The molecule has 0 aliphatic carbocycles. The molecule has 18 heavy (non-hydrogen) atoms. The van der Waals surface area contributed by atoms with Gasteiger partial charge in [-0.2, -0.15) is 0 Å². The number of hydrogen-bond acceptors (Lipinski definition) is 4. The predicted molar refractivity (Wildman–Crippen MR) is 62.8 cm³/mol. The summed E-state index contributed by atoms with van der Waals surface area (Å²) in [5, 5.41) is 12.8. The molecule has 5 nitrogen and oxygen atoms in total. The summed E-state index contributed by atoms with van der Waals surface area (Å²) in [7, 11) is 0. The molecule has 1 heterocycles. The first-order valence-electron chi connectivity index (χ1n) is 5.32. The highest BCUT2D eigenvalue weighted by Crippen LogP contribution is 2.20. The minimum absolute atomic E-state index is 0.0255. The van der Waals surface area contributed by atoms with Crippen LogP contribution in [0.4, 0.5) is 0 Å². The molecule has 0 saturated heterocycles. The van der Waals surface area contributed by atoms with E-state index >= 15 is 0 Å². The lowest BCUT2D eigenvalue weighted by Gasteiger charge is -2.04. The number of benzene rings is 1. The van der Waals surface area contributed by atoms with Crippen molar-refractivity contribution in [3.63, 3.8) is 0 Å². The first-order valence-corrected chi connectivity index (χ1v) is 5.32. The number of aromatic carboxylic acids is 1. The van der Waals surface area contributed by atoms with Crippen molar-refractivity contribution in [2.24, 2.45) is 0 Å². The first kappa shape index (κ1) is 12.0. The highest BCUT2D eigenvalue weighted by atomic mass is 16.5. The van der Waals surface area contributed by atoms with Crippen LogP contribution < -0.4 is 0 Å². The molecule has 1 aromatic heterocycles. The van der Waals surface area contributed by atoms with Gasteiger partial charge in [0.25, 0.3) is 0 Å². The molecule has 0 spiro atoms. The third-order valence-corrected chi connectivity index (χ3v) is 2.66. The summed E-state index contributed by atoms with van der Waals surface area (Å²) in [6.07, 6.45) is 0. The minimum atomic E-state index is -1.13. The molecule has 0 bridgehead atoms. The van der Waals surface area contributed by atoms with Gasteiger partial charge in [0, 0.05) is 5.56 Å². The molecule has 2 rings (SSSR count). The van der Waals surface area contributed by atoms with Gasteiger partial charge in [0.2, 0.25) is 0 Å². The Morgan fingerprint density at radius 1 is 1.17 bits per heavy atom. The maximum Gasteiger partial charge on any atom is 0.336 e. The lowest BCUT2D eigenvalue weighted by atomic mass is 9.97. The van der Waals surface area contributed by atoms with Gasteiger partial charge in [0.05, 0.1) is 16.8 Å². The van der Waals surface area contributed by atoms with Gasteiger partial charge in [-0.05, 0) is 19.9 Å². The standard InChI is InChI=1S/C13H11NO4/c1-7-11(8(2)18-14-7)12(15)9-5-3-4-6-10(9)13(16)17/h3-6H,1-2H3,(H,16,17). The second-order valence-electron chi connectivity index (χ2n) is 3.88. The number of nitrogens with zero attached hydrogens (tertiary/aromatic N) is 1. The smallest absolute Gasteiger partial charge is 0.336 e.